The molecule has 3 heterocycles. The van der Waals surface area contributed by atoms with Crippen LogP contribution >= 0.6 is 0 Å². The van der Waals surface area contributed by atoms with Crippen molar-refractivity contribution in [3.05, 3.63) is 59.5 Å². The van der Waals surface area contributed by atoms with Gasteiger partial charge in [0.1, 0.15) is 11.5 Å². The Bertz CT molecular complexity index is 1310. The number of sulfonamides is 1. The summed E-state index contributed by atoms with van der Waals surface area (Å²) < 4.78 is 27.5. The quantitative estimate of drug-likeness (QED) is 0.573. The molecule has 4 rings (SSSR count). The summed E-state index contributed by atoms with van der Waals surface area (Å²) >= 11 is 0. The van der Waals surface area contributed by atoms with Crippen LogP contribution in [0.3, 0.4) is 0 Å². The molecular weight excluding hydrogens is 426 g/mol. The van der Waals surface area contributed by atoms with Gasteiger partial charge in [-0.05, 0) is 35.4 Å². The Kier molecular flexibility index (Phi) is 5.32. The summed E-state index contributed by atoms with van der Waals surface area (Å²) in [7, 11) is -1.61. The van der Waals surface area contributed by atoms with Crippen LogP contribution in [0, 0.1) is 0 Å². The van der Waals surface area contributed by atoms with E-state index in [1.807, 2.05) is 18.2 Å². The number of anilines is 2. The third-order valence-electron chi connectivity index (χ3n) is 5.51. The fraction of sp³-hybridized carbons (Fsp3) is 0.348. The molecule has 2 aromatic heterocycles. The smallest absolute Gasteiger partial charge is 0.229 e. The molecule has 0 bridgehead atoms. The fourth-order valence-corrected chi connectivity index (χ4v) is 4.51. The molecule has 0 aliphatic carbocycles. The molecule has 0 radical (unpaired) electrons. The van der Waals surface area contributed by atoms with Gasteiger partial charge in [0.2, 0.25) is 10.0 Å². The lowest BCUT2D eigenvalue weighted by Gasteiger charge is -2.15. The highest BCUT2D eigenvalue weighted by Gasteiger charge is 2.35. The molecule has 0 spiro atoms. The van der Waals surface area contributed by atoms with E-state index in [4.69, 9.17) is 0 Å². The molecule has 8 nitrogen and oxygen atoms in total. The number of hydrogen-bond acceptors (Lipinski definition) is 6. The van der Waals surface area contributed by atoms with Crippen LogP contribution in [0.25, 0.3) is 11.1 Å². The monoisotopic (exact) mass is 453 g/mol. The molecule has 0 saturated heterocycles. The van der Waals surface area contributed by atoms with Gasteiger partial charge in [-0.2, -0.15) is 5.10 Å². The predicted molar refractivity (Wildman–Crippen MR) is 126 cm³/mol. The van der Waals surface area contributed by atoms with E-state index in [2.05, 4.69) is 40.9 Å². The number of rotatable bonds is 5. The number of nitrogens with one attached hydrogen (secondary N) is 2. The number of aromatic nitrogens is 3. The summed E-state index contributed by atoms with van der Waals surface area (Å²) in [4.78, 5) is 18.0. The van der Waals surface area contributed by atoms with E-state index in [0.29, 0.717) is 23.7 Å². The molecule has 3 aromatic rings. The molecule has 168 valence electrons. The Morgan fingerprint density at radius 2 is 1.97 bits per heavy atom. The molecule has 32 heavy (non-hydrogen) atoms. The van der Waals surface area contributed by atoms with Crippen LogP contribution in [0.15, 0.2) is 42.6 Å². The first-order valence-corrected chi connectivity index (χ1v) is 12.2. The minimum Gasteiger partial charge on any atom is -0.369 e. The van der Waals surface area contributed by atoms with Crippen molar-refractivity contribution in [2.24, 2.45) is 7.05 Å². The lowest BCUT2D eigenvalue weighted by Crippen LogP contribution is -2.18. The third-order valence-corrected chi connectivity index (χ3v) is 6.11. The second kappa shape index (κ2) is 7.74. The molecule has 0 amide bonds. The second-order valence-electron chi connectivity index (χ2n) is 9.16. The Balaban J connectivity index is 1.76. The largest absolute Gasteiger partial charge is 0.369 e. The van der Waals surface area contributed by atoms with Gasteiger partial charge >= 0.3 is 0 Å². The van der Waals surface area contributed by atoms with Crippen molar-refractivity contribution < 1.29 is 13.2 Å². The van der Waals surface area contributed by atoms with Gasteiger partial charge in [-0.15, -0.1) is 0 Å². The highest BCUT2D eigenvalue weighted by atomic mass is 32.2. The second-order valence-corrected chi connectivity index (χ2v) is 10.9. The average Bonchev–Trinajstić information content (AvgIpc) is 3.30. The molecule has 1 unspecified atom stereocenters. The number of ketones is 1. The standard InChI is InChI=1S/C23H27N5O3S/c1-23(2,3)19-12-18(28(4)26-19)21(29)17-13-25-22-20(17)16(9-10-24-22)14-7-6-8-15(11-14)27-32(5,30)31/h6-12,17,27H,13H2,1-5H3,(H,24,25). The summed E-state index contributed by atoms with van der Waals surface area (Å²) in [5.74, 6) is 0.213. The van der Waals surface area contributed by atoms with Crippen LogP contribution in [0.1, 0.15) is 48.4 Å². The van der Waals surface area contributed by atoms with Gasteiger partial charge in [0, 0.05) is 36.5 Å². The number of benzene rings is 1. The summed E-state index contributed by atoms with van der Waals surface area (Å²) in [6.45, 7) is 6.64. The minimum atomic E-state index is -3.40. The molecule has 2 N–H and O–H groups in total. The Labute approximate surface area is 188 Å². The average molecular weight is 454 g/mol. The maximum atomic E-state index is 13.6. The molecule has 9 heteroatoms. The number of aryl methyl sites for hydroxylation is 1. The molecular formula is C23H27N5O3S. The number of Topliss-reactive ketones (excluding diaryl/α,β-unsaturated/α-hetero) is 1. The van der Waals surface area contributed by atoms with E-state index in [1.54, 1.807) is 36.1 Å². The van der Waals surface area contributed by atoms with E-state index in [1.165, 1.54) is 0 Å². The third kappa shape index (κ3) is 4.25. The van der Waals surface area contributed by atoms with Crippen LogP contribution in [0.5, 0.6) is 0 Å². The maximum Gasteiger partial charge on any atom is 0.229 e. The molecule has 1 aliphatic heterocycles. The fourth-order valence-electron chi connectivity index (χ4n) is 3.95. The van der Waals surface area contributed by atoms with Gasteiger partial charge in [-0.25, -0.2) is 13.4 Å². The van der Waals surface area contributed by atoms with E-state index < -0.39 is 15.9 Å². The van der Waals surface area contributed by atoms with Crippen molar-refractivity contribution >= 4 is 27.3 Å². The van der Waals surface area contributed by atoms with Gasteiger partial charge < -0.3 is 5.32 Å². The van der Waals surface area contributed by atoms with E-state index in [0.717, 1.165) is 28.6 Å². The first-order chi connectivity index (χ1) is 14.9. The van der Waals surface area contributed by atoms with Crippen LogP contribution < -0.4 is 10.0 Å². The van der Waals surface area contributed by atoms with Crippen molar-refractivity contribution in [1.29, 1.82) is 0 Å². The minimum absolute atomic E-state index is 0.0265. The lowest BCUT2D eigenvalue weighted by molar-refractivity contribution is 0.0957. The first-order valence-electron chi connectivity index (χ1n) is 10.3. The van der Waals surface area contributed by atoms with Crippen LogP contribution in [0.4, 0.5) is 11.5 Å². The van der Waals surface area contributed by atoms with E-state index >= 15 is 0 Å². The molecule has 0 fully saturated rings. The van der Waals surface area contributed by atoms with E-state index in [-0.39, 0.29) is 11.2 Å². The first kappa shape index (κ1) is 22.0. The summed E-state index contributed by atoms with van der Waals surface area (Å²) in [6.07, 6.45) is 2.80. The van der Waals surface area contributed by atoms with Crippen molar-refractivity contribution in [1.82, 2.24) is 14.8 Å². The highest BCUT2D eigenvalue weighted by molar-refractivity contribution is 7.92. The SMILES string of the molecule is Cn1nc(C(C)(C)C)cc1C(=O)C1CNc2nccc(-c3cccc(NS(C)(=O)=O)c3)c21. The molecule has 1 aliphatic rings. The van der Waals surface area contributed by atoms with Gasteiger partial charge in [0.25, 0.3) is 0 Å². The number of carbonyl (C=O) groups is 1. The number of fused-ring (bicyclic) bond motifs is 1. The topological polar surface area (TPSA) is 106 Å². The van der Waals surface area contributed by atoms with Crippen LogP contribution in [0.2, 0.25) is 0 Å². The summed E-state index contributed by atoms with van der Waals surface area (Å²) in [5, 5.41) is 7.80. The number of pyridine rings is 1. The zero-order valence-corrected chi connectivity index (χ0v) is 19.6. The Morgan fingerprint density at radius 3 is 2.62 bits per heavy atom. The lowest BCUT2D eigenvalue weighted by atomic mass is 9.88. The molecule has 0 saturated carbocycles. The Morgan fingerprint density at radius 1 is 1.22 bits per heavy atom. The summed E-state index contributed by atoms with van der Waals surface area (Å²) in [6, 6.07) is 10.9. The number of carbonyl (C=O) groups excluding carboxylic acids is 1. The van der Waals surface area contributed by atoms with Crippen LogP contribution in [-0.2, 0) is 22.5 Å². The van der Waals surface area contributed by atoms with Gasteiger partial charge in [0.05, 0.1) is 17.9 Å². The molecule has 1 aromatic carbocycles. The van der Waals surface area contributed by atoms with E-state index in [9.17, 15) is 13.2 Å². The van der Waals surface area contributed by atoms with Crippen molar-refractivity contribution in [2.75, 3.05) is 22.8 Å². The zero-order valence-electron chi connectivity index (χ0n) is 18.8. The van der Waals surface area contributed by atoms with Crippen molar-refractivity contribution in [3.63, 3.8) is 0 Å². The van der Waals surface area contributed by atoms with Crippen molar-refractivity contribution in [2.45, 2.75) is 32.1 Å². The summed E-state index contributed by atoms with van der Waals surface area (Å²) in [5.41, 5.74) is 4.17. The molecule has 1 atom stereocenters. The van der Waals surface area contributed by atoms with Gasteiger partial charge in [-0.3, -0.25) is 14.2 Å². The van der Waals surface area contributed by atoms with Gasteiger partial charge in [-0.1, -0.05) is 32.9 Å². The van der Waals surface area contributed by atoms with Crippen LogP contribution in [-0.4, -0.2) is 41.8 Å². The predicted octanol–water partition coefficient (Wildman–Crippen LogP) is 3.54. The normalized spacial score (nSPS) is 15.8. The number of nitrogens with zero attached hydrogens (tertiary/aromatic N) is 3. The van der Waals surface area contributed by atoms with Crippen molar-refractivity contribution in [3.8, 4) is 11.1 Å². The highest BCUT2D eigenvalue weighted by Crippen LogP contribution is 2.40. The zero-order chi connectivity index (χ0) is 23.3. The number of hydrogen-bond donors (Lipinski definition) is 2. The Hall–Kier alpha value is -3.20. The maximum absolute atomic E-state index is 13.6. The van der Waals surface area contributed by atoms with Gasteiger partial charge in [0.15, 0.2) is 5.78 Å².